The molecular weight excluding hydrogens is 344 g/mol. The molecular formula is C17H24N2O5S. The van der Waals surface area contributed by atoms with Crippen molar-refractivity contribution in [3.8, 4) is 0 Å². The SMILES string of the molecule is CC(=O)N1CCc2ccc(S(=O)(=O)N[C@@H](C(=O)O)C(C)C)cc2CC1. The van der Waals surface area contributed by atoms with Crippen LogP contribution in [0.1, 0.15) is 31.9 Å². The summed E-state index contributed by atoms with van der Waals surface area (Å²) < 4.78 is 27.4. The standard InChI is InChI=1S/C17H24N2O5S/c1-11(2)16(17(21)22)18-25(23,24)15-5-4-13-6-8-19(12(3)20)9-7-14(13)10-15/h4-5,10-11,16,18H,6-9H2,1-3H3,(H,21,22)/t16-/m1/s1. The number of fused-ring (bicyclic) bond motifs is 1. The van der Waals surface area contributed by atoms with Crippen LogP contribution in [-0.2, 0) is 32.5 Å². The summed E-state index contributed by atoms with van der Waals surface area (Å²) in [5.74, 6) is -1.58. The van der Waals surface area contributed by atoms with Gasteiger partial charge in [-0.05, 0) is 42.0 Å². The van der Waals surface area contributed by atoms with Gasteiger partial charge >= 0.3 is 5.97 Å². The zero-order valence-electron chi connectivity index (χ0n) is 14.7. The van der Waals surface area contributed by atoms with Crippen LogP contribution in [0.2, 0.25) is 0 Å². The van der Waals surface area contributed by atoms with Gasteiger partial charge in [0.15, 0.2) is 0 Å². The van der Waals surface area contributed by atoms with Crippen molar-refractivity contribution in [1.82, 2.24) is 9.62 Å². The van der Waals surface area contributed by atoms with Gasteiger partial charge in [-0.1, -0.05) is 19.9 Å². The summed E-state index contributed by atoms with van der Waals surface area (Å²) in [7, 11) is -3.94. The quantitative estimate of drug-likeness (QED) is 0.808. The van der Waals surface area contributed by atoms with Gasteiger partial charge < -0.3 is 10.0 Å². The summed E-state index contributed by atoms with van der Waals surface area (Å²) in [6.45, 7) is 5.97. The van der Waals surface area contributed by atoms with Crippen molar-refractivity contribution < 1.29 is 23.1 Å². The summed E-state index contributed by atoms with van der Waals surface area (Å²) in [5.41, 5.74) is 1.89. The number of carbonyl (C=O) groups excluding carboxylic acids is 1. The molecule has 25 heavy (non-hydrogen) atoms. The first-order valence-electron chi connectivity index (χ1n) is 8.24. The lowest BCUT2D eigenvalue weighted by Crippen LogP contribution is -2.44. The molecule has 0 fully saturated rings. The van der Waals surface area contributed by atoms with Gasteiger partial charge in [0.25, 0.3) is 0 Å². The number of nitrogens with one attached hydrogen (secondary N) is 1. The van der Waals surface area contributed by atoms with E-state index in [1.807, 2.05) is 0 Å². The number of hydrogen-bond acceptors (Lipinski definition) is 4. The molecule has 0 aliphatic carbocycles. The number of aliphatic carboxylic acids is 1. The van der Waals surface area contributed by atoms with Gasteiger partial charge in [-0.2, -0.15) is 4.72 Å². The molecule has 0 radical (unpaired) electrons. The molecule has 1 aliphatic rings. The number of benzene rings is 1. The highest BCUT2D eigenvalue weighted by atomic mass is 32.2. The molecule has 1 aromatic carbocycles. The lowest BCUT2D eigenvalue weighted by Gasteiger charge is -2.18. The Morgan fingerprint density at radius 1 is 1.16 bits per heavy atom. The zero-order chi connectivity index (χ0) is 18.8. The van der Waals surface area contributed by atoms with E-state index in [1.165, 1.54) is 13.0 Å². The molecule has 1 aliphatic heterocycles. The van der Waals surface area contributed by atoms with E-state index < -0.39 is 22.0 Å². The van der Waals surface area contributed by atoms with Gasteiger partial charge in [0.1, 0.15) is 6.04 Å². The second-order valence-electron chi connectivity index (χ2n) is 6.62. The van der Waals surface area contributed by atoms with Crippen molar-refractivity contribution in [2.24, 2.45) is 5.92 Å². The molecule has 1 heterocycles. The van der Waals surface area contributed by atoms with Crippen LogP contribution in [0.3, 0.4) is 0 Å². The van der Waals surface area contributed by atoms with E-state index >= 15 is 0 Å². The lowest BCUT2D eigenvalue weighted by atomic mass is 10.0. The molecule has 0 bridgehead atoms. The van der Waals surface area contributed by atoms with Crippen LogP contribution in [0.25, 0.3) is 0 Å². The molecule has 0 spiro atoms. The molecule has 138 valence electrons. The van der Waals surface area contributed by atoms with Crippen molar-refractivity contribution in [2.45, 2.75) is 44.6 Å². The van der Waals surface area contributed by atoms with Crippen LogP contribution in [0.15, 0.2) is 23.1 Å². The first kappa shape index (κ1) is 19.4. The van der Waals surface area contributed by atoms with Gasteiger partial charge in [-0.15, -0.1) is 0 Å². The van der Waals surface area contributed by atoms with E-state index in [2.05, 4.69) is 4.72 Å². The van der Waals surface area contributed by atoms with Crippen LogP contribution in [0.4, 0.5) is 0 Å². The van der Waals surface area contributed by atoms with Crippen LogP contribution in [-0.4, -0.2) is 49.4 Å². The maximum absolute atomic E-state index is 12.6. The Kier molecular flexibility index (Phi) is 5.84. The fourth-order valence-corrected chi connectivity index (χ4v) is 4.28. The van der Waals surface area contributed by atoms with Gasteiger partial charge in [-0.3, -0.25) is 9.59 Å². The maximum Gasteiger partial charge on any atom is 0.322 e. The van der Waals surface area contributed by atoms with Crippen molar-refractivity contribution in [2.75, 3.05) is 13.1 Å². The monoisotopic (exact) mass is 368 g/mol. The predicted octanol–water partition coefficient (Wildman–Crippen LogP) is 1.02. The van der Waals surface area contributed by atoms with E-state index in [0.29, 0.717) is 25.9 Å². The zero-order valence-corrected chi connectivity index (χ0v) is 15.5. The number of hydrogen-bond donors (Lipinski definition) is 2. The number of nitrogens with zero attached hydrogens (tertiary/aromatic N) is 1. The van der Waals surface area contributed by atoms with Crippen molar-refractivity contribution >= 4 is 21.9 Å². The number of amides is 1. The van der Waals surface area contributed by atoms with Crippen LogP contribution < -0.4 is 4.72 Å². The third-order valence-electron chi connectivity index (χ3n) is 4.45. The largest absolute Gasteiger partial charge is 0.480 e. The highest BCUT2D eigenvalue weighted by Gasteiger charge is 2.28. The topological polar surface area (TPSA) is 104 Å². The third kappa shape index (κ3) is 4.58. The number of carboxylic acid groups (broad SMARTS) is 1. The van der Waals surface area contributed by atoms with Gasteiger partial charge in [0.05, 0.1) is 4.90 Å². The molecule has 0 saturated carbocycles. The summed E-state index contributed by atoms with van der Waals surface area (Å²) in [6, 6.07) is 3.64. The van der Waals surface area contributed by atoms with Crippen molar-refractivity contribution in [3.63, 3.8) is 0 Å². The van der Waals surface area contributed by atoms with E-state index in [4.69, 9.17) is 0 Å². The van der Waals surface area contributed by atoms with Crippen LogP contribution >= 0.6 is 0 Å². The van der Waals surface area contributed by atoms with E-state index in [9.17, 15) is 23.1 Å². The minimum atomic E-state index is -3.94. The third-order valence-corrected chi connectivity index (χ3v) is 5.89. The van der Waals surface area contributed by atoms with Crippen molar-refractivity contribution in [3.05, 3.63) is 29.3 Å². The minimum absolute atomic E-state index is 0.00329. The normalized spacial score (nSPS) is 16.2. The molecule has 1 atom stereocenters. The molecule has 8 heteroatoms. The van der Waals surface area contributed by atoms with Gasteiger partial charge in [-0.25, -0.2) is 8.42 Å². The van der Waals surface area contributed by atoms with Crippen molar-refractivity contribution in [1.29, 1.82) is 0 Å². The second-order valence-corrected chi connectivity index (χ2v) is 8.33. The average Bonchev–Trinajstić information content (AvgIpc) is 2.74. The summed E-state index contributed by atoms with van der Waals surface area (Å²) >= 11 is 0. The fourth-order valence-electron chi connectivity index (χ4n) is 2.89. The molecule has 0 unspecified atom stereocenters. The number of carboxylic acids is 1. The minimum Gasteiger partial charge on any atom is -0.480 e. The number of carbonyl (C=O) groups is 2. The molecule has 2 rings (SSSR count). The molecule has 7 nitrogen and oxygen atoms in total. The predicted molar refractivity (Wildman–Crippen MR) is 92.7 cm³/mol. The first-order valence-corrected chi connectivity index (χ1v) is 9.72. The Labute approximate surface area is 148 Å². The summed E-state index contributed by atoms with van der Waals surface area (Å²) in [5, 5.41) is 9.20. The molecule has 2 N–H and O–H groups in total. The van der Waals surface area contributed by atoms with Crippen LogP contribution in [0, 0.1) is 5.92 Å². The highest BCUT2D eigenvalue weighted by molar-refractivity contribution is 7.89. The van der Waals surface area contributed by atoms with E-state index in [0.717, 1.165) is 11.1 Å². The Hall–Kier alpha value is -1.93. The summed E-state index contributed by atoms with van der Waals surface area (Å²) in [4.78, 5) is 24.6. The lowest BCUT2D eigenvalue weighted by molar-refractivity contribution is -0.140. The second kappa shape index (κ2) is 7.53. The van der Waals surface area contributed by atoms with E-state index in [-0.39, 0.29) is 16.7 Å². The average molecular weight is 368 g/mol. The first-order chi connectivity index (χ1) is 11.6. The number of sulfonamides is 1. The van der Waals surface area contributed by atoms with Gasteiger partial charge in [0, 0.05) is 20.0 Å². The Morgan fingerprint density at radius 2 is 1.76 bits per heavy atom. The Morgan fingerprint density at radius 3 is 2.28 bits per heavy atom. The maximum atomic E-state index is 12.6. The Balaban J connectivity index is 2.27. The Bertz CT molecular complexity index is 773. The molecule has 1 amide bonds. The van der Waals surface area contributed by atoms with Gasteiger partial charge in [0.2, 0.25) is 15.9 Å². The van der Waals surface area contributed by atoms with Crippen LogP contribution in [0.5, 0.6) is 0 Å². The van der Waals surface area contributed by atoms with E-state index in [1.54, 1.807) is 30.9 Å². The number of rotatable bonds is 5. The molecule has 0 aromatic heterocycles. The smallest absolute Gasteiger partial charge is 0.322 e. The summed E-state index contributed by atoms with van der Waals surface area (Å²) in [6.07, 6.45) is 1.25. The highest BCUT2D eigenvalue weighted by Crippen LogP contribution is 2.21. The fraction of sp³-hybridized carbons (Fsp3) is 0.529. The molecule has 0 saturated heterocycles. The molecule has 1 aromatic rings.